The van der Waals surface area contributed by atoms with E-state index in [9.17, 15) is 0 Å². The molecular weight excluding hydrogens is 138 g/mol. The molecule has 1 atom stereocenters. The van der Waals surface area contributed by atoms with Crippen molar-refractivity contribution in [3.05, 3.63) is 0 Å². The van der Waals surface area contributed by atoms with Gasteiger partial charge in [0.1, 0.15) is 0 Å². The minimum absolute atomic E-state index is 0.714. The predicted octanol–water partition coefficient (Wildman–Crippen LogP) is 1.53. The van der Waals surface area contributed by atoms with Crippen LogP contribution in [0.3, 0.4) is 0 Å². The molecule has 2 heteroatoms. The average molecular weight is 158 g/mol. The molecule has 1 fully saturated rings. The summed E-state index contributed by atoms with van der Waals surface area (Å²) >= 11 is 0. The monoisotopic (exact) mass is 158 g/mol. The topological polar surface area (TPSA) is 0 Å². The molecule has 0 spiro atoms. The molecule has 0 aromatic heterocycles. The van der Waals surface area contributed by atoms with Crippen molar-refractivity contribution < 1.29 is 0 Å². The van der Waals surface area contributed by atoms with E-state index in [1.807, 2.05) is 0 Å². The van der Waals surface area contributed by atoms with Gasteiger partial charge in [-0.05, 0) is 0 Å². The van der Waals surface area contributed by atoms with Gasteiger partial charge in [0.15, 0.2) is 0 Å². The molecule has 0 radical (unpaired) electrons. The summed E-state index contributed by atoms with van der Waals surface area (Å²) in [6.07, 6.45) is 7.77. The first-order valence-electron chi connectivity index (χ1n) is 4.65. The van der Waals surface area contributed by atoms with Crippen LogP contribution in [0.2, 0.25) is 0 Å². The Hall–Kier alpha value is 0.495. The van der Waals surface area contributed by atoms with Crippen molar-refractivity contribution in [2.45, 2.75) is 31.7 Å². The fourth-order valence-electron chi connectivity index (χ4n) is 1.94. The van der Waals surface area contributed by atoms with Crippen LogP contribution in [0, 0.1) is 0 Å². The molecule has 0 bridgehead atoms. The minimum atomic E-state index is -0.714. The van der Waals surface area contributed by atoms with Crippen LogP contribution in [0.5, 0.6) is 0 Å². The number of hydrogen-bond donors (Lipinski definition) is 0. The van der Waals surface area contributed by atoms with E-state index in [1.54, 1.807) is 12.3 Å². The van der Waals surface area contributed by atoms with Crippen molar-refractivity contribution in [3.8, 4) is 0 Å². The quantitative estimate of drug-likeness (QED) is 0.401. The van der Waals surface area contributed by atoms with E-state index in [4.69, 9.17) is 0 Å². The van der Waals surface area contributed by atoms with Gasteiger partial charge in [0, 0.05) is 0 Å². The normalized spacial score (nSPS) is 31.0. The Labute approximate surface area is 66.5 Å². The van der Waals surface area contributed by atoms with Gasteiger partial charge in [0.2, 0.25) is 0 Å². The van der Waals surface area contributed by atoms with Crippen LogP contribution in [0.25, 0.3) is 0 Å². The molecule has 1 saturated heterocycles. The van der Waals surface area contributed by atoms with E-state index >= 15 is 0 Å². The van der Waals surface area contributed by atoms with E-state index in [-0.39, 0.29) is 0 Å². The third kappa shape index (κ3) is 1.75. The molecule has 1 aliphatic rings. The summed E-state index contributed by atoms with van der Waals surface area (Å²) in [6.45, 7) is 5.02. The molecule has 0 aromatic rings. The van der Waals surface area contributed by atoms with Crippen molar-refractivity contribution in [1.29, 1.82) is 0 Å². The van der Waals surface area contributed by atoms with Crippen LogP contribution in [0.1, 0.15) is 26.2 Å². The van der Waals surface area contributed by atoms with Gasteiger partial charge in [-0.25, -0.2) is 0 Å². The summed E-state index contributed by atoms with van der Waals surface area (Å²) < 4.78 is 0. The molecular formula is C8H20BP. The summed E-state index contributed by atoms with van der Waals surface area (Å²) in [6, 6.07) is 0. The van der Waals surface area contributed by atoms with Crippen molar-refractivity contribution in [2.24, 2.45) is 0 Å². The summed E-state index contributed by atoms with van der Waals surface area (Å²) in [5, 5.41) is 0. The van der Waals surface area contributed by atoms with E-state index in [1.165, 1.54) is 19.3 Å². The Balaban J connectivity index is 2.48. The zero-order valence-electron chi connectivity index (χ0n) is 7.61. The first-order valence-corrected chi connectivity index (χ1v) is 7.64. The standard InChI is InChI=1S/C8H20BP/c1-8(9)10(2)6-4-3-5-7-10/h8,10H,3-7,9H2,1-2H3. The molecule has 60 valence electrons. The van der Waals surface area contributed by atoms with Crippen LogP contribution in [0.4, 0.5) is 0 Å². The summed E-state index contributed by atoms with van der Waals surface area (Å²) in [4.78, 5) is 0. The zero-order valence-corrected chi connectivity index (χ0v) is 8.61. The fraction of sp³-hybridized carbons (Fsp3) is 1.00. The summed E-state index contributed by atoms with van der Waals surface area (Å²) in [5.74, 6) is 0. The predicted molar refractivity (Wildman–Crippen MR) is 55.8 cm³/mol. The Morgan fingerprint density at radius 3 is 2.00 bits per heavy atom. The summed E-state index contributed by atoms with van der Waals surface area (Å²) in [7, 11) is 1.71. The molecule has 10 heavy (non-hydrogen) atoms. The Bertz CT molecular complexity index is 106. The van der Waals surface area contributed by atoms with Gasteiger partial charge in [-0.2, -0.15) is 0 Å². The second-order valence-corrected chi connectivity index (χ2v) is 9.83. The molecule has 1 heterocycles. The Morgan fingerprint density at radius 2 is 1.70 bits per heavy atom. The van der Waals surface area contributed by atoms with Gasteiger partial charge in [0.25, 0.3) is 0 Å². The van der Waals surface area contributed by atoms with Gasteiger partial charge in [0.05, 0.1) is 0 Å². The first-order chi connectivity index (χ1) is 4.65. The summed E-state index contributed by atoms with van der Waals surface area (Å²) in [5.41, 5.74) is 1.02. The fourth-order valence-corrected chi connectivity index (χ4v) is 5.46. The molecule has 0 aromatic carbocycles. The SMILES string of the molecule is BC(C)[PH]1(C)CCCCC1. The maximum atomic E-state index is 2.59. The molecule has 0 saturated carbocycles. The second kappa shape index (κ2) is 3.26. The molecule has 0 nitrogen and oxygen atoms in total. The number of rotatable bonds is 1. The second-order valence-electron chi connectivity index (χ2n) is 4.37. The van der Waals surface area contributed by atoms with Gasteiger partial charge in [-0.3, -0.25) is 0 Å². The van der Waals surface area contributed by atoms with Crippen LogP contribution < -0.4 is 0 Å². The van der Waals surface area contributed by atoms with Crippen molar-refractivity contribution in [1.82, 2.24) is 0 Å². The molecule has 1 unspecified atom stereocenters. The van der Waals surface area contributed by atoms with Gasteiger partial charge >= 0.3 is 65.8 Å². The van der Waals surface area contributed by atoms with Crippen molar-refractivity contribution in [3.63, 3.8) is 0 Å². The average Bonchev–Trinajstić information content (AvgIpc) is 1.89. The third-order valence-electron chi connectivity index (χ3n) is 3.39. The van der Waals surface area contributed by atoms with E-state index < -0.39 is 7.26 Å². The molecule has 0 amide bonds. The van der Waals surface area contributed by atoms with Crippen LogP contribution in [-0.2, 0) is 0 Å². The van der Waals surface area contributed by atoms with Crippen LogP contribution in [0.15, 0.2) is 0 Å². The van der Waals surface area contributed by atoms with Crippen molar-refractivity contribution >= 4 is 15.1 Å². The Kier molecular flexibility index (Phi) is 2.80. The molecule has 1 aliphatic heterocycles. The van der Waals surface area contributed by atoms with Gasteiger partial charge < -0.3 is 0 Å². The van der Waals surface area contributed by atoms with E-state index in [0.717, 1.165) is 5.56 Å². The number of hydrogen-bond acceptors (Lipinski definition) is 0. The van der Waals surface area contributed by atoms with Crippen molar-refractivity contribution in [2.75, 3.05) is 19.0 Å². The van der Waals surface area contributed by atoms with E-state index in [2.05, 4.69) is 21.4 Å². The van der Waals surface area contributed by atoms with E-state index in [0.29, 0.717) is 0 Å². The molecule has 1 rings (SSSR count). The molecule has 0 aliphatic carbocycles. The maximum absolute atomic E-state index is 2.59. The van der Waals surface area contributed by atoms with Crippen LogP contribution >= 0.6 is 7.26 Å². The third-order valence-corrected chi connectivity index (χ3v) is 9.17. The zero-order chi connectivity index (χ0) is 7.61. The van der Waals surface area contributed by atoms with Gasteiger partial charge in [-0.1, -0.05) is 0 Å². The Morgan fingerprint density at radius 1 is 1.20 bits per heavy atom. The molecule has 0 N–H and O–H groups in total. The first kappa shape index (κ1) is 8.59. The van der Waals surface area contributed by atoms with Gasteiger partial charge in [-0.15, -0.1) is 0 Å². The van der Waals surface area contributed by atoms with Crippen LogP contribution in [-0.4, -0.2) is 32.4 Å².